The second-order valence-electron chi connectivity index (χ2n) is 3.45. The van der Waals surface area contributed by atoms with Crippen molar-refractivity contribution >= 4 is 28.8 Å². The fourth-order valence-corrected chi connectivity index (χ4v) is 2.44. The molecule has 0 saturated carbocycles. The van der Waals surface area contributed by atoms with Crippen LogP contribution in [0.5, 0.6) is 0 Å². The summed E-state index contributed by atoms with van der Waals surface area (Å²) in [4.78, 5) is 9.69. The van der Waals surface area contributed by atoms with Crippen molar-refractivity contribution < 1.29 is 0 Å². The molecule has 2 aromatic heterocycles. The fourth-order valence-electron chi connectivity index (χ4n) is 1.43. The van der Waals surface area contributed by atoms with Crippen molar-refractivity contribution in [2.75, 3.05) is 5.73 Å². The number of nitrogen functional groups attached to an aromatic ring is 1. The maximum absolute atomic E-state index is 5.89. The molecule has 0 aliphatic carbocycles. The van der Waals surface area contributed by atoms with Crippen LogP contribution in [0, 0.1) is 0 Å². The van der Waals surface area contributed by atoms with Crippen LogP contribution < -0.4 is 5.73 Å². The van der Waals surface area contributed by atoms with E-state index in [1.54, 1.807) is 6.07 Å². The molecule has 0 amide bonds. The molecule has 2 rings (SSSR count). The first-order valence-corrected chi connectivity index (χ1v) is 6.27. The lowest BCUT2D eigenvalue weighted by molar-refractivity contribution is 0.840. The highest BCUT2D eigenvalue weighted by atomic mass is 35.5. The highest BCUT2D eigenvalue weighted by molar-refractivity contribution is 7.19. The van der Waals surface area contributed by atoms with Crippen LogP contribution in [0.25, 0.3) is 10.6 Å². The number of nitrogens with two attached hydrogens (primary N) is 1. The normalized spacial score (nSPS) is 10.6. The van der Waals surface area contributed by atoms with E-state index in [1.165, 1.54) is 11.3 Å². The summed E-state index contributed by atoms with van der Waals surface area (Å²) in [5.74, 6) is 1.31. The van der Waals surface area contributed by atoms with Gasteiger partial charge in [0.25, 0.3) is 0 Å². The maximum Gasteiger partial charge on any atom is 0.131 e. The minimum atomic E-state index is 0.512. The Labute approximate surface area is 103 Å². The van der Waals surface area contributed by atoms with Crippen LogP contribution >= 0.6 is 22.9 Å². The Morgan fingerprint density at radius 2 is 2.19 bits per heavy atom. The largest absolute Gasteiger partial charge is 0.384 e. The number of thiophene rings is 1. The van der Waals surface area contributed by atoms with Gasteiger partial charge in [-0.1, -0.05) is 18.5 Å². The fraction of sp³-hybridized carbons (Fsp3) is 0.273. The predicted molar refractivity (Wildman–Crippen MR) is 68.8 cm³/mol. The molecule has 2 N–H and O–H groups in total. The molecular formula is C11H12ClN3S. The average Bonchev–Trinajstić information content (AvgIpc) is 2.64. The molecule has 16 heavy (non-hydrogen) atoms. The lowest BCUT2D eigenvalue weighted by Gasteiger charge is -2.02. The van der Waals surface area contributed by atoms with Gasteiger partial charge in [0.2, 0.25) is 0 Å². The Hall–Kier alpha value is -1.13. The lowest BCUT2D eigenvalue weighted by atomic mass is 10.3. The zero-order valence-corrected chi connectivity index (χ0v) is 10.5. The van der Waals surface area contributed by atoms with Crippen LogP contribution in [0.2, 0.25) is 4.34 Å². The molecule has 0 unspecified atom stereocenters. The highest BCUT2D eigenvalue weighted by Crippen LogP contribution is 2.30. The Morgan fingerprint density at radius 1 is 1.38 bits per heavy atom. The Balaban J connectivity index is 2.40. The third-order valence-corrected chi connectivity index (χ3v) is 3.35. The summed E-state index contributed by atoms with van der Waals surface area (Å²) in [5, 5.41) is 0. The number of aryl methyl sites for hydroxylation is 1. The molecule has 0 bridgehead atoms. The highest BCUT2D eigenvalue weighted by Gasteiger charge is 2.06. The van der Waals surface area contributed by atoms with E-state index >= 15 is 0 Å². The third-order valence-electron chi connectivity index (χ3n) is 2.09. The van der Waals surface area contributed by atoms with E-state index in [2.05, 4.69) is 16.9 Å². The van der Waals surface area contributed by atoms with Crippen molar-refractivity contribution in [2.24, 2.45) is 0 Å². The molecule has 0 aliphatic heterocycles. The molecule has 2 heterocycles. The molecule has 0 atom stereocenters. The summed E-state index contributed by atoms with van der Waals surface area (Å²) in [6, 6.07) is 5.59. The smallest absolute Gasteiger partial charge is 0.131 e. The number of rotatable bonds is 3. The molecule has 0 saturated heterocycles. The summed E-state index contributed by atoms with van der Waals surface area (Å²) in [5.41, 5.74) is 6.61. The van der Waals surface area contributed by atoms with Crippen molar-refractivity contribution in [1.82, 2.24) is 9.97 Å². The van der Waals surface area contributed by atoms with Gasteiger partial charge in [0.05, 0.1) is 14.9 Å². The van der Waals surface area contributed by atoms with E-state index < -0.39 is 0 Å². The molecular weight excluding hydrogens is 242 g/mol. The van der Waals surface area contributed by atoms with Crippen LogP contribution in [-0.4, -0.2) is 9.97 Å². The minimum Gasteiger partial charge on any atom is -0.384 e. The van der Waals surface area contributed by atoms with E-state index in [-0.39, 0.29) is 0 Å². The standard InChI is InChI=1S/C11H12ClN3S/c1-2-3-11-14-7(6-10(13)15-11)8-4-5-9(12)16-8/h4-6H,2-3H2,1H3,(H2,13,14,15). The second kappa shape index (κ2) is 4.80. The van der Waals surface area contributed by atoms with E-state index in [1.807, 2.05) is 12.1 Å². The third kappa shape index (κ3) is 2.51. The number of aromatic nitrogens is 2. The molecule has 0 aliphatic rings. The SMILES string of the molecule is CCCc1nc(N)cc(-c2ccc(Cl)s2)n1. The topological polar surface area (TPSA) is 51.8 Å². The molecule has 0 fully saturated rings. The van der Waals surface area contributed by atoms with Crippen molar-refractivity contribution in [3.8, 4) is 10.6 Å². The van der Waals surface area contributed by atoms with E-state index in [4.69, 9.17) is 17.3 Å². The predicted octanol–water partition coefficient (Wildman–Crippen LogP) is 3.39. The number of hydrogen-bond donors (Lipinski definition) is 1. The summed E-state index contributed by atoms with van der Waals surface area (Å²) in [6.07, 6.45) is 1.85. The van der Waals surface area contributed by atoms with Crippen molar-refractivity contribution in [2.45, 2.75) is 19.8 Å². The number of halogens is 1. The monoisotopic (exact) mass is 253 g/mol. The molecule has 84 valence electrons. The zero-order chi connectivity index (χ0) is 11.5. The van der Waals surface area contributed by atoms with Gasteiger partial charge in [-0.05, 0) is 18.6 Å². The Kier molecular flexibility index (Phi) is 3.41. The molecule has 3 nitrogen and oxygen atoms in total. The van der Waals surface area contributed by atoms with E-state index in [9.17, 15) is 0 Å². The summed E-state index contributed by atoms with van der Waals surface area (Å²) in [7, 11) is 0. The zero-order valence-electron chi connectivity index (χ0n) is 8.90. The number of nitrogens with zero attached hydrogens (tertiary/aromatic N) is 2. The second-order valence-corrected chi connectivity index (χ2v) is 5.16. The van der Waals surface area contributed by atoms with Gasteiger partial charge < -0.3 is 5.73 Å². The number of hydrogen-bond acceptors (Lipinski definition) is 4. The first-order valence-electron chi connectivity index (χ1n) is 5.08. The van der Waals surface area contributed by atoms with Crippen molar-refractivity contribution in [1.29, 1.82) is 0 Å². The van der Waals surface area contributed by atoms with Crippen LogP contribution in [0.4, 0.5) is 5.82 Å². The van der Waals surface area contributed by atoms with Gasteiger partial charge in [-0.3, -0.25) is 0 Å². The van der Waals surface area contributed by atoms with Gasteiger partial charge in [-0.2, -0.15) is 0 Å². The van der Waals surface area contributed by atoms with E-state index in [0.717, 1.165) is 33.6 Å². The minimum absolute atomic E-state index is 0.512. The summed E-state index contributed by atoms with van der Waals surface area (Å²) >= 11 is 7.39. The Morgan fingerprint density at radius 3 is 2.81 bits per heavy atom. The maximum atomic E-state index is 5.89. The molecule has 0 spiro atoms. The lowest BCUT2D eigenvalue weighted by Crippen LogP contribution is -2.00. The summed E-state index contributed by atoms with van der Waals surface area (Å²) in [6.45, 7) is 2.09. The van der Waals surface area contributed by atoms with Gasteiger partial charge in [-0.25, -0.2) is 9.97 Å². The quantitative estimate of drug-likeness (QED) is 0.912. The molecule has 5 heteroatoms. The molecule has 0 radical (unpaired) electrons. The summed E-state index contributed by atoms with van der Waals surface area (Å²) < 4.78 is 0.754. The van der Waals surface area contributed by atoms with E-state index in [0.29, 0.717) is 5.82 Å². The molecule has 2 aromatic rings. The van der Waals surface area contributed by atoms with Crippen LogP contribution in [-0.2, 0) is 6.42 Å². The van der Waals surface area contributed by atoms with Gasteiger partial charge in [0.15, 0.2) is 0 Å². The van der Waals surface area contributed by atoms with Gasteiger partial charge in [-0.15, -0.1) is 11.3 Å². The van der Waals surface area contributed by atoms with Crippen molar-refractivity contribution in [3.63, 3.8) is 0 Å². The first-order chi connectivity index (χ1) is 7.69. The van der Waals surface area contributed by atoms with Crippen LogP contribution in [0.15, 0.2) is 18.2 Å². The van der Waals surface area contributed by atoms with Gasteiger partial charge in [0, 0.05) is 12.5 Å². The number of anilines is 1. The Bertz CT molecular complexity index is 496. The van der Waals surface area contributed by atoms with Crippen LogP contribution in [0.3, 0.4) is 0 Å². The van der Waals surface area contributed by atoms with Crippen molar-refractivity contribution in [3.05, 3.63) is 28.4 Å². The van der Waals surface area contributed by atoms with Gasteiger partial charge >= 0.3 is 0 Å². The van der Waals surface area contributed by atoms with Gasteiger partial charge in [0.1, 0.15) is 11.6 Å². The van der Waals surface area contributed by atoms with Crippen LogP contribution in [0.1, 0.15) is 19.2 Å². The average molecular weight is 254 g/mol. The molecule has 0 aromatic carbocycles. The first kappa shape index (κ1) is 11.4.